The number of hydrogen-bond acceptors (Lipinski definition) is 2. The van der Waals surface area contributed by atoms with Crippen LogP contribution in [0.2, 0.25) is 0 Å². The maximum absolute atomic E-state index is 3.39. The molecule has 2 fully saturated rings. The Morgan fingerprint density at radius 2 is 1.87 bits per heavy atom. The van der Waals surface area contributed by atoms with Gasteiger partial charge in [0.15, 0.2) is 0 Å². The molecule has 1 saturated carbocycles. The Morgan fingerprint density at radius 1 is 1.20 bits per heavy atom. The lowest BCUT2D eigenvalue weighted by Crippen LogP contribution is -2.41. The van der Waals surface area contributed by atoms with Gasteiger partial charge < -0.3 is 10.2 Å². The molecular weight excluding hydrogens is 184 g/mol. The molecule has 0 amide bonds. The maximum Gasteiger partial charge on any atom is 0.00649 e. The Kier molecular flexibility index (Phi) is 4.04. The van der Waals surface area contributed by atoms with E-state index < -0.39 is 0 Å². The highest BCUT2D eigenvalue weighted by atomic mass is 15.1. The van der Waals surface area contributed by atoms with Crippen LogP contribution in [0.5, 0.6) is 0 Å². The van der Waals surface area contributed by atoms with E-state index in [0.29, 0.717) is 6.04 Å². The zero-order chi connectivity index (χ0) is 10.7. The van der Waals surface area contributed by atoms with E-state index in [9.17, 15) is 0 Å². The van der Waals surface area contributed by atoms with E-state index in [4.69, 9.17) is 0 Å². The Labute approximate surface area is 94.4 Å². The van der Waals surface area contributed by atoms with E-state index in [2.05, 4.69) is 24.2 Å². The molecule has 1 aliphatic carbocycles. The highest BCUT2D eigenvalue weighted by Crippen LogP contribution is 2.33. The first-order valence-corrected chi connectivity index (χ1v) is 6.69. The van der Waals surface area contributed by atoms with Crippen molar-refractivity contribution in [3.63, 3.8) is 0 Å². The summed E-state index contributed by atoms with van der Waals surface area (Å²) in [6, 6.07) is 0.704. The summed E-state index contributed by atoms with van der Waals surface area (Å²) in [5, 5.41) is 3.39. The second-order valence-electron chi connectivity index (χ2n) is 5.49. The summed E-state index contributed by atoms with van der Waals surface area (Å²) in [6.45, 7) is 6.36. The summed E-state index contributed by atoms with van der Waals surface area (Å²) in [5.74, 6) is 2.01. The molecular formula is C13H26N2. The van der Waals surface area contributed by atoms with Crippen molar-refractivity contribution in [3.8, 4) is 0 Å². The lowest BCUT2D eigenvalue weighted by atomic mass is 9.90. The number of piperidine rings is 1. The zero-order valence-corrected chi connectivity index (χ0v) is 10.3. The van der Waals surface area contributed by atoms with Crippen molar-refractivity contribution in [2.75, 3.05) is 26.7 Å². The van der Waals surface area contributed by atoms with Crippen LogP contribution in [0, 0.1) is 11.8 Å². The summed E-state index contributed by atoms with van der Waals surface area (Å²) in [4.78, 5) is 2.68. The molecule has 1 N–H and O–H groups in total. The SMILES string of the molecule is CNC(C)C1CCN(CCC2CC2)CC1. The summed E-state index contributed by atoms with van der Waals surface area (Å²) in [6.07, 6.45) is 7.27. The highest BCUT2D eigenvalue weighted by Gasteiger charge is 2.25. The molecule has 0 aromatic rings. The van der Waals surface area contributed by atoms with Gasteiger partial charge in [-0.3, -0.25) is 0 Å². The minimum Gasteiger partial charge on any atom is -0.317 e. The van der Waals surface area contributed by atoms with E-state index in [1.165, 1.54) is 51.7 Å². The monoisotopic (exact) mass is 210 g/mol. The van der Waals surface area contributed by atoms with Crippen LogP contribution in [0.1, 0.15) is 39.0 Å². The van der Waals surface area contributed by atoms with E-state index in [1.807, 2.05) is 0 Å². The second-order valence-corrected chi connectivity index (χ2v) is 5.49. The smallest absolute Gasteiger partial charge is 0.00649 e. The summed E-state index contributed by atoms with van der Waals surface area (Å²) in [5.41, 5.74) is 0. The fourth-order valence-electron chi connectivity index (χ4n) is 2.68. The van der Waals surface area contributed by atoms with Gasteiger partial charge in [0.05, 0.1) is 0 Å². The Balaban J connectivity index is 1.62. The van der Waals surface area contributed by atoms with Gasteiger partial charge in [0.2, 0.25) is 0 Å². The largest absolute Gasteiger partial charge is 0.317 e. The molecule has 2 heteroatoms. The molecule has 2 aliphatic rings. The Hall–Kier alpha value is -0.0800. The van der Waals surface area contributed by atoms with Crippen molar-refractivity contribution in [1.82, 2.24) is 10.2 Å². The van der Waals surface area contributed by atoms with Crippen molar-refractivity contribution in [3.05, 3.63) is 0 Å². The molecule has 0 radical (unpaired) electrons. The van der Waals surface area contributed by atoms with E-state index in [0.717, 1.165) is 11.8 Å². The first-order chi connectivity index (χ1) is 7.29. The third kappa shape index (κ3) is 3.46. The standard InChI is InChI=1S/C13H26N2/c1-11(14-2)13-6-9-15(10-7-13)8-5-12-3-4-12/h11-14H,3-10H2,1-2H3. The molecule has 0 spiro atoms. The molecule has 1 aliphatic heterocycles. The van der Waals surface area contributed by atoms with Gasteiger partial charge in [-0.15, -0.1) is 0 Å². The van der Waals surface area contributed by atoms with Gasteiger partial charge in [0.1, 0.15) is 0 Å². The molecule has 1 atom stereocenters. The summed E-state index contributed by atoms with van der Waals surface area (Å²) in [7, 11) is 2.09. The van der Waals surface area contributed by atoms with Crippen LogP contribution in [-0.2, 0) is 0 Å². The number of nitrogens with zero attached hydrogens (tertiary/aromatic N) is 1. The molecule has 2 nitrogen and oxygen atoms in total. The minimum atomic E-state index is 0.704. The van der Waals surface area contributed by atoms with Crippen LogP contribution in [0.25, 0.3) is 0 Å². The van der Waals surface area contributed by atoms with Crippen LogP contribution in [0.3, 0.4) is 0 Å². The maximum atomic E-state index is 3.39. The van der Waals surface area contributed by atoms with Crippen LogP contribution >= 0.6 is 0 Å². The van der Waals surface area contributed by atoms with Gasteiger partial charge in [-0.05, 0) is 64.7 Å². The number of hydrogen-bond donors (Lipinski definition) is 1. The average molecular weight is 210 g/mol. The van der Waals surface area contributed by atoms with Crippen LogP contribution in [0.15, 0.2) is 0 Å². The quantitative estimate of drug-likeness (QED) is 0.747. The Bertz CT molecular complexity index is 181. The molecule has 0 bridgehead atoms. The molecule has 2 rings (SSSR count). The van der Waals surface area contributed by atoms with Crippen molar-refractivity contribution in [2.45, 2.75) is 45.1 Å². The fourth-order valence-corrected chi connectivity index (χ4v) is 2.68. The van der Waals surface area contributed by atoms with Crippen molar-refractivity contribution in [2.24, 2.45) is 11.8 Å². The molecule has 0 aromatic heterocycles. The number of rotatable bonds is 5. The predicted octanol–water partition coefficient (Wildman–Crippen LogP) is 2.11. The molecule has 0 aromatic carbocycles. The van der Waals surface area contributed by atoms with Gasteiger partial charge in [-0.25, -0.2) is 0 Å². The molecule has 88 valence electrons. The fraction of sp³-hybridized carbons (Fsp3) is 1.00. The molecule has 1 saturated heterocycles. The van der Waals surface area contributed by atoms with E-state index in [1.54, 1.807) is 0 Å². The van der Waals surface area contributed by atoms with Gasteiger partial charge in [-0.1, -0.05) is 12.8 Å². The van der Waals surface area contributed by atoms with E-state index in [-0.39, 0.29) is 0 Å². The topological polar surface area (TPSA) is 15.3 Å². The molecule has 1 unspecified atom stereocenters. The highest BCUT2D eigenvalue weighted by molar-refractivity contribution is 4.80. The third-order valence-corrected chi connectivity index (χ3v) is 4.35. The van der Waals surface area contributed by atoms with E-state index >= 15 is 0 Å². The van der Waals surface area contributed by atoms with Crippen LogP contribution < -0.4 is 5.32 Å². The molecule has 1 heterocycles. The summed E-state index contributed by atoms with van der Waals surface area (Å²) < 4.78 is 0. The number of likely N-dealkylation sites (tertiary alicyclic amines) is 1. The lowest BCUT2D eigenvalue weighted by Gasteiger charge is -2.34. The van der Waals surface area contributed by atoms with Crippen LogP contribution in [-0.4, -0.2) is 37.6 Å². The average Bonchev–Trinajstić information content (AvgIpc) is 3.10. The lowest BCUT2D eigenvalue weighted by molar-refractivity contribution is 0.161. The first kappa shape index (κ1) is 11.4. The van der Waals surface area contributed by atoms with Gasteiger partial charge in [-0.2, -0.15) is 0 Å². The normalized spacial score (nSPS) is 26.8. The number of nitrogens with one attached hydrogen (secondary N) is 1. The van der Waals surface area contributed by atoms with Crippen LogP contribution in [0.4, 0.5) is 0 Å². The first-order valence-electron chi connectivity index (χ1n) is 6.69. The van der Waals surface area contributed by atoms with Crippen molar-refractivity contribution >= 4 is 0 Å². The van der Waals surface area contributed by atoms with Gasteiger partial charge >= 0.3 is 0 Å². The Morgan fingerprint density at radius 3 is 2.40 bits per heavy atom. The van der Waals surface area contributed by atoms with Crippen molar-refractivity contribution < 1.29 is 0 Å². The van der Waals surface area contributed by atoms with Gasteiger partial charge in [0.25, 0.3) is 0 Å². The van der Waals surface area contributed by atoms with Gasteiger partial charge in [0, 0.05) is 6.04 Å². The summed E-state index contributed by atoms with van der Waals surface area (Å²) >= 11 is 0. The molecule has 15 heavy (non-hydrogen) atoms. The zero-order valence-electron chi connectivity index (χ0n) is 10.3. The van der Waals surface area contributed by atoms with Crippen molar-refractivity contribution in [1.29, 1.82) is 0 Å². The third-order valence-electron chi connectivity index (χ3n) is 4.35. The predicted molar refractivity (Wildman–Crippen MR) is 65.0 cm³/mol. The minimum absolute atomic E-state index is 0.704. The second kappa shape index (κ2) is 5.31.